The molecule has 0 saturated carbocycles. The van der Waals surface area contributed by atoms with Crippen LogP contribution in [0.25, 0.3) is 0 Å². The van der Waals surface area contributed by atoms with Gasteiger partial charge in [0.2, 0.25) is 0 Å². The normalized spacial score (nSPS) is 14.6. The first-order valence-corrected chi connectivity index (χ1v) is 4.08. The van der Waals surface area contributed by atoms with Crippen LogP contribution >= 0.6 is 11.6 Å². The largest absolute Gasteiger partial charge is 0.322 e. The van der Waals surface area contributed by atoms with E-state index >= 15 is 0 Å². The second kappa shape index (κ2) is 2.75. The molecule has 2 rings (SSSR count). The zero-order chi connectivity index (χ0) is 8.55. The third-order valence-electron chi connectivity index (χ3n) is 1.94. The molecule has 1 aromatic rings. The molecular formula is C8H7ClN2O. The summed E-state index contributed by atoms with van der Waals surface area (Å²) in [6.45, 7) is 0.648. The molecule has 1 aliphatic rings. The first kappa shape index (κ1) is 7.55. The van der Waals surface area contributed by atoms with E-state index in [1.807, 2.05) is 12.1 Å². The minimum absolute atomic E-state index is 0.451. The summed E-state index contributed by atoms with van der Waals surface area (Å²) in [5.41, 5.74) is 1.09. The molecule has 0 bridgehead atoms. The van der Waals surface area contributed by atoms with Crippen molar-refractivity contribution in [3.63, 3.8) is 0 Å². The van der Waals surface area contributed by atoms with Crippen molar-refractivity contribution >= 4 is 22.8 Å². The van der Waals surface area contributed by atoms with E-state index in [1.54, 1.807) is 6.20 Å². The summed E-state index contributed by atoms with van der Waals surface area (Å²) in [4.78, 5) is 16.4. The fourth-order valence-electron chi connectivity index (χ4n) is 1.38. The number of amides is 1. The Balaban J connectivity index is 2.42. The van der Waals surface area contributed by atoms with Gasteiger partial charge < -0.3 is 0 Å². The van der Waals surface area contributed by atoms with E-state index in [9.17, 15) is 4.79 Å². The van der Waals surface area contributed by atoms with Crippen molar-refractivity contribution in [1.29, 1.82) is 0 Å². The molecule has 1 aromatic heterocycles. The van der Waals surface area contributed by atoms with Crippen LogP contribution in [-0.2, 0) is 6.42 Å². The number of carbonyl (C=O) groups excluding carboxylic acids is 1. The van der Waals surface area contributed by atoms with E-state index in [1.165, 1.54) is 4.90 Å². The molecule has 1 amide bonds. The Morgan fingerprint density at radius 2 is 2.50 bits per heavy atom. The van der Waals surface area contributed by atoms with Gasteiger partial charge in [-0.05, 0) is 29.7 Å². The third kappa shape index (κ3) is 1.06. The first-order chi connectivity index (χ1) is 5.79. The number of pyridine rings is 1. The number of rotatable bonds is 0. The maximum absolute atomic E-state index is 10.9. The molecule has 0 fully saturated rings. The summed E-state index contributed by atoms with van der Waals surface area (Å²) >= 11 is 5.36. The highest BCUT2D eigenvalue weighted by Gasteiger charge is 2.23. The Morgan fingerprint density at radius 3 is 3.25 bits per heavy atom. The van der Waals surface area contributed by atoms with E-state index in [0.717, 1.165) is 12.0 Å². The zero-order valence-corrected chi connectivity index (χ0v) is 7.08. The van der Waals surface area contributed by atoms with Crippen molar-refractivity contribution in [3.05, 3.63) is 23.9 Å². The molecular weight excluding hydrogens is 176 g/mol. The SMILES string of the molecule is O=C(Cl)N1CCc2cccnc21. The molecule has 0 spiro atoms. The fourth-order valence-corrected chi connectivity index (χ4v) is 1.54. The van der Waals surface area contributed by atoms with Gasteiger partial charge in [0.05, 0.1) is 0 Å². The van der Waals surface area contributed by atoms with Crippen LogP contribution in [-0.4, -0.2) is 16.9 Å². The van der Waals surface area contributed by atoms with Crippen LogP contribution in [0.4, 0.5) is 10.6 Å². The summed E-state index contributed by atoms with van der Waals surface area (Å²) < 4.78 is 0. The Labute approximate surface area is 75.0 Å². The topological polar surface area (TPSA) is 33.2 Å². The summed E-state index contributed by atoms with van der Waals surface area (Å²) in [5, 5.41) is -0.451. The van der Waals surface area contributed by atoms with Crippen molar-refractivity contribution < 1.29 is 4.79 Å². The van der Waals surface area contributed by atoms with Gasteiger partial charge in [0.15, 0.2) is 0 Å². The number of carbonyl (C=O) groups is 1. The number of halogens is 1. The van der Waals surface area contributed by atoms with Crippen LogP contribution in [0, 0.1) is 0 Å². The lowest BCUT2D eigenvalue weighted by Crippen LogP contribution is -2.23. The summed E-state index contributed by atoms with van der Waals surface area (Å²) in [7, 11) is 0. The number of nitrogens with zero attached hydrogens (tertiary/aromatic N) is 2. The van der Waals surface area contributed by atoms with Crippen LogP contribution in [0.1, 0.15) is 5.56 Å². The summed E-state index contributed by atoms with van der Waals surface area (Å²) in [5.74, 6) is 0.706. The molecule has 0 N–H and O–H groups in total. The molecule has 0 radical (unpaired) electrons. The fraction of sp³-hybridized carbons (Fsp3) is 0.250. The van der Waals surface area contributed by atoms with Crippen molar-refractivity contribution in [1.82, 2.24) is 4.98 Å². The monoisotopic (exact) mass is 182 g/mol. The van der Waals surface area contributed by atoms with Crippen molar-refractivity contribution in [3.8, 4) is 0 Å². The number of hydrogen-bond donors (Lipinski definition) is 0. The lowest BCUT2D eigenvalue weighted by molar-refractivity contribution is 0.264. The van der Waals surface area contributed by atoms with E-state index in [4.69, 9.17) is 11.6 Å². The predicted molar refractivity (Wildman–Crippen MR) is 46.5 cm³/mol. The lowest BCUT2D eigenvalue weighted by atomic mass is 10.2. The van der Waals surface area contributed by atoms with E-state index < -0.39 is 5.37 Å². The van der Waals surface area contributed by atoms with Gasteiger partial charge >= 0.3 is 5.37 Å². The van der Waals surface area contributed by atoms with Crippen LogP contribution in [0.2, 0.25) is 0 Å². The van der Waals surface area contributed by atoms with Gasteiger partial charge in [-0.3, -0.25) is 9.69 Å². The molecule has 2 heterocycles. The average Bonchev–Trinajstić information content (AvgIpc) is 2.47. The quantitative estimate of drug-likeness (QED) is 0.453. The first-order valence-electron chi connectivity index (χ1n) is 3.70. The van der Waals surface area contributed by atoms with Gasteiger partial charge in [0.25, 0.3) is 0 Å². The van der Waals surface area contributed by atoms with Gasteiger partial charge in [-0.2, -0.15) is 0 Å². The molecule has 0 atom stereocenters. The van der Waals surface area contributed by atoms with Crippen LogP contribution in [0.15, 0.2) is 18.3 Å². The molecule has 4 heteroatoms. The van der Waals surface area contributed by atoms with E-state index in [-0.39, 0.29) is 0 Å². The Hall–Kier alpha value is -1.09. The Morgan fingerprint density at radius 1 is 1.67 bits per heavy atom. The van der Waals surface area contributed by atoms with Gasteiger partial charge in [-0.1, -0.05) is 6.07 Å². The minimum atomic E-state index is -0.451. The van der Waals surface area contributed by atoms with Gasteiger partial charge in [0.1, 0.15) is 5.82 Å². The Bertz CT molecular complexity index is 327. The highest BCUT2D eigenvalue weighted by atomic mass is 35.5. The van der Waals surface area contributed by atoms with E-state index in [0.29, 0.717) is 12.4 Å². The second-order valence-corrected chi connectivity index (χ2v) is 2.96. The zero-order valence-electron chi connectivity index (χ0n) is 6.33. The number of hydrogen-bond acceptors (Lipinski definition) is 2. The highest BCUT2D eigenvalue weighted by molar-refractivity contribution is 6.66. The van der Waals surface area contributed by atoms with Crippen LogP contribution in [0.3, 0.4) is 0 Å². The highest BCUT2D eigenvalue weighted by Crippen LogP contribution is 2.25. The molecule has 1 aliphatic heterocycles. The lowest BCUT2D eigenvalue weighted by Gasteiger charge is -2.10. The molecule has 12 heavy (non-hydrogen) atoms. The average molecular weight is 183 g/mol. The van der Waals surface area contributed by atoms with E-state index in [2.05, 4.69) is 4.98 Å². The standard InChI is InChI=1S/C8H7ClN2O/c9-8(12)11-5-3-6-2-1-4-10-7(6)11/h1-2,4H,3,5H2. The molecule has 0 aromatic carbocycles. The molecule has 0 saturated heterocycles. The van der Waals surface area contributed by atoms with Gasteiger partial charge in [-0.15, -0.1) is 0 Å². The number of fused-ring (bicyclic) bond motifs is 1. The smallest absolute Gasteiger partial charge is 0.283 e. The minimum Gasteiger partial charge on any atom is -0.283 e. The van der Waals surface area contributed by atoms with Crippen LogP contribution in [0.5, 0.6) is 0 Å². The van der Waals surface area contributed by atoms with Crippen molar-refractivity contribution in [2.24, 2.45) is 0 Å². The summed E-state index contributed by atoms with van der Waals surface area (Å²) in [6, 6.07) is 3.82. The van der Waals surface area contributed by atoms with Crippen LogP contribution < -0.4 is 4.90 Å². The molecule has 0 unspecified atom stereocenters. The van der Waals surface area contributed by atoms with Crippen molar-refractivity contribution in [2.45, 2.75) is 6.42 Å². The van der Waals surface area contributed by atoms with Gasteiger partial charge in [0, 0.05) is 12.7 Å². The van der Waals surface area contributed by atoms with Crippen molar-refractivity contribution in [2.75, 3.05) is 11.4 Å². The van der Waals surface area contributed by atoms with Gasteiger partial charge in [-0.25, -0.2) is 4.98 Å². The molecule has 0 aliphatic carbocycles. The second-order valence-electron chi connectivity index (χ2n) is 2.64. The third-order valence-corrected chi connectivity index (χ3v) is 2.14. The maximum atomic E-state index is 10.9. The Kier molecular flexibility index (Phi) is 1.73. The molecule has 62 valence electrons. The number of aromatic nitrogens is 1. The number of anilines is 1. The molecule has 3 nitrogen and oxygen atoms in total. The maximum Gasteiger partial charge on any atom is 0.322 e. The summed E-state index contributed by atoms with van der Waals surface area (Å²) in [6.07, 6.45) is 2.51. The predicted octanol–water partition coefficient (Wildman–Crippen LogP) is 1.80.